The van der Waals surface area contributed by atoms with Gasteiger partial charge < -0.3 is 5.11 Å². The summed E-state index contributed by atoms with van der Waals surface area (Å²) in [6.45, 7) is 1.83. The first-order valence-electron chi connectivity index (χ1n) is 6.11. The van der Waals surface area contributed by atoms with Gasteiger partial charge in [-0.3, -0.25) is 4.98 Å². The molecule has 0 saturated heterocycles. The standard InChI is InChI=1S/C15H10N4O2/c1-3-10-5-11(7-16-6-10)13-4-9(2)19-14(18-13)12(8-17-19)15(20)21/h1,4-8H,2H3,(H,20,21). The monoisotopic (exact) mass is 278 g/mol. The van der Waals surface area contributed by atoms with Gasteiger partial charge in [-0.05, 0) is 19.1 Å². The first-order valence-corrected chi connectivity index (χ1v) is 6.11. The van der Waals surface area contributed by atoms with E-state index in [0.717, 1.165) is 11.3 Å². The quantitative estimate of drug-likeness (QED) is 0.723. The van der Waals surface area contributed by atoms with Crippen molar-refractivity contribution in [3.63, 3.8) is 0 Å². The lowest BCUT2D eigenvalue weighted by Gasteiger charge is -2.05. The van der Waals surface area contributed by atoms with Gasteiger partial charge >= 0.3 is 5.97 Å². The second-order valence-corrected chi connectivity index (χ2v) is 4.49. The fourth-order valence-electron chi connectivity index (χ4n) is 2.07. The van der Waals surface area contributed by atoms with Crippen molar-refractivity contribution in [2.45, 2.75) is 6.92 Å². The molecule has 0 aromatic carbocycles. The lowest BCUT2D eigenvalue weighted by molar-refractivity contribution is 0.0699. The third-order valence-electron chi connectivity index (χ3n) is 3.08. The first kappa shape index (κ1) is 12.8. The Bertz CT molecular complexity index is 906. The predicted molar refractivity (Wildman–Crippen MR) is 75.8 cm³/mol. The molecule has 0 aliphatic rings. The number of pyridine rings is 1. The van der Waals surface area contributed by atoms with Gasteiger partial charge in [0.1, 0.15) is 5.56 Å². The maximum Gasteiger partial charge on any atom is 0.341 e. The molecule has 102 valence electrons. The minimum atomic E-state index is -1.07. The van der Waals surface area contributed by atoms with Gasteiger partial charge in [-0.25, -0.2) is 14.3 Å². The smallest absolute Gasteiger partial charge is 0.341 e. The summed E-state index contributed by atoms with van der Waals surface area (Å²) in [6.07, 6.45) is 9.87. The fraction of sp³-hybridized carbons (Fsp3) is 0.0667. The minimum Gasteiger partial charge on any atom is -0.477 e. The summed E-state index contributed by atoms with van der Waals surface area (Å²) < 4.78 is 1.49. The van der Waals surface area contributed by atoms with Gasteiger partial charge in [0.05, 0.1) is 11.9 Å². The Balaban J connectivity index is 2.26. The number of aryl methyl sites for hydroxylation is 1. The SMILES string of the molecule is C#Cc1cncc(-c2cc(C)n3ncc(C(=O)O)c3n2)c1. The number of hydrogen-bond acceptors (Lipinski definition) is 4. The van der Waals surface area contributed by atoms with Crippen molar-refractivity contribution in [1.82, 2.24) is 19.6 Å². The summed E-state index contributed by atoms with van der Waals surface area (Å²) in [5.41, 5.74) is 3.10. The molecular formula is C15H10N4O2. The van der Waals surface area contributed by atoms with Gasteiger partial charge in [-0.2, -0.15) is 5.10 Å². The zero-order valence-electron chi connectivity index (χ0n) is 11.1. The van der Waals surface area contributed by atoms with Crippen LogP contribution in [-0.4, -0.2) is 30.7 Å². The van der Waals surface area contributed by atoms with E-state index in [1.807, 2.05) is 13.0 Å². The number of carbonyl (C=O) groups is 1. The maximum atomic E-state index is 11.2. The van der Waals surface area contributed by atoms with Gasteiger partial charge in [0.25, 0.3) is 0 Å². The van der Waals surface area contributed by atoms with Crippen LogP contribution >= 0.6 is 0 Å². The highest BCUT2D eigenvalue weighted by Gasteiger charge is 2.15. The van der Waals surface area contributed by atoms with E-state index in [2.05, 4.69) is 21.0 Å². The maximum absolute atomic E-state index is 11.2. The third kappa shape index (κ3) is 2.11. The molecule has 0 saturated carbocycles. The van der Waals surface area contributed by atoms with E-state index in [4.69, 9.17) is 6.42 Å². The van der Waals surface area contributed by atoms with Gasteiger partial charge in [0.15, 0.2) is 5.65 Å². The van der Waals surface area contributed by atoms with Crippen LogP contribution in [0.3, 0.4) is 0 Å². The molecule has 0 atom stereocenters. The summed E-state index contributed by atoms with van der Waals surface area (Å²) in [5, 5.41) is 13.2. The third-order valence-corrected chi connectivity index (χ3v) is 3.08. The number of rotatable bonds is 2. The minimum absolute atomic E-state index is 0.0565. The van der Waals surface area contributed by atoms with Crippen LogP contribution in [0.4, 0.5) is 0 Å². The summed E-state index contributed by atoms with van der Waals surface area (Å²) in [6, 6.07) is 3.59. The van der Waals surface area contributed by atoms with E-state index in [1.165, 1.54) is 10.7 Å². The Hall–Kier alpha value is -3.20. The van der Waals surface area contributed by atoms with Crippen LogP contribution in [0.1, 0.15) is 21.6 Å². The largest absolute Gasteiger partial charge is 0.477 e. The normalized spacial score (nSPS) is 10.5. The molecule has 3 aromatic rings. The van der Waals surface area contributed by atoms with Crippen LogP contribution in [-0.2, 0) is 0 Å². The number of aromatic carboxylic acids is 1. The van der Waals surface area contributed by atoms with E-state index >= 15 is 0 Å². The van der Waals surface area contributed by atoms with Gasteiger partial charge in [0, 0.05) is 29.2 Å². The van der Waals surface area contributed by atoms with E-state index in [-0.39, 0.29) is 5.56 Å². The number of aromatic nitrogens is 4. The predicted octanol–water partition coefficient (Wildman–Crippen LogP) is 1.78. The molecule has 0 aliphatic heterocycles. The van der Waals surface area contributed by atoms with Crippen LogP contribution in [0.2, 0.25) is 0 Å². The number of fused-ring (bicyclic) bond motifs is 1. The van der Waals surface area contributed by atoms with Crippen LogP contribution in [0.15, 0.2) is 30.7 Å². The molecule has 3 heterocycles. The number of carboxylic acids is 1. The molecule has 0 aliphatic carbocycles. The van der Waals surface area contributed by atoms with Crippen molar-refractivity contribution in [2.24, 2.45) is 0 Å². The summed E-state index contributed by atoms with van der Waals surface area (Å²) in [7, 11) is 0. The molecular weight excluding hydrogens is 268 g/mol. The second-order valence-electron chi connectivity index (χ2n) is 4.49. The molecule has 6 heteroatoms. The van der Waals surface area contributed by atoms with Gasteiger partial charge in [-0.1, -0.05) is 5.92 Å². The number of terminal acetylenes is 1. The summed E-state index contributed by atoms with van der Waals surface area (Å²) in [4.78, 5) is 19.6. The fourth-order valence-corrected chi connectivity index (χ4v) is 2.07. The van der Waals surface area contributed by atoms with Crippen molar-refractivity contribution in [3.05, 3.63) is 47.5 Å². The van der Waals surface area contributed by atoms with Crippen LogP contribution in [0.25, 0.3) is 16.9 Å². The molecule has 3 rings (SSSR count). The molecule has 1 N–H and O–H groups in total. The van der Waals surface area contributed by atoms with Crippen molar-refractivity contribution in [2.75, 3.05) is 0 Å². The molecule has 21 heavy (non-hydrogen) atoms. The lowest BCUT2D eigenvalue weighted by atomic mass is 10.1. The Labute approximate surface area is 120 Å². The van der Waals surface area contributed by atoms with E-state index in [0.29, 0.717) is 16.9 Å². The molecule has 0 spiro atoms. The molecule has 0 bridgehead atoms. The van der Waals surface area contributed by atoms with E-state index < -0.39 is 5.97 Å². The van der Waals surface area contributed by atoms with Crippen molar-refractivity contribution in [1.29, 1.82) is 0 Å². The summed E-state index contributed by atoms with van der Waals surface area (Å²) in [5.74, 6) is 1.45. The van der Waals surface area contributed by atoms with Crippen LogP contribution < -0.4 is 0 Å². The zero-order chi connectivity index (χ0) is 15.0. The van der Waals surface area contributed by atoms with Crippen molar-refractivity contribution >= 4 is 11.6 Å². The molecule has 0 amide bonds. The Morgan fingerprint density at radius 3 is 2.86 bits per heavy atom. The van der Waals surface area contributed by atoms with Crippen molar-refractivity contribution < 1.29 is 9.90 Å². The number of hydrogen-bond donors (Lipinski definition) is 1. The first-order chi connectivity index (χ1) is 10.1. The topological polar surface area (TPSA) is 80.4 Å². The lowest BCUT2D eigenvalue weighted by Crippen LogP contribution is -2.01. The highest BCUT2D eigenvalue weighted by Crippen LogP contribution is 2.21. The van der Waals surface area contributed by atoms with Gasteiger partial charge in [-0.15, -0.1) is 6.42 Å². The number of nitrogens with zero attached hydrogens (tertiary/aromatic N) is 4. The zero-order valence-corrected chi connectivity index (χ0v) is 11.1. The van der Waals surface area contributed by atoms with E-state index in [9.17, 15) is 9.90 Å². The highest BCUT2D eigenvalue weighted by molar-refractivity contribution is 5.94. The number of carboxylic acid groups (broad SMARTS) is 1. The molecule has 6 nitrogen and oxygen atoms in total. The Kier molecular flexibility index (Phi) is 2.88. The molecule has 0 fully saturated rings. The van der Waals surface area contributed by atoms with Gasteiger partial charge in [0.2, 0.25) is 0 Å². The average molecular weight is 278 g/mol. The average Bonchev–Trinajstić information content (AvgIpc) is 2.92. The van der Waals surface area contributed by atoms with Crippen molar-refractivity contribution in [3.8, 4) is 23.6 Å². The Morgan fingerprint density at radius 1 is 1.33 bits per heavy atom. The highest BCUT2D eigenvalue weighted by atomic mass is 16.4. The Morgan fingerprint density at radius 2 is 2.14 bits per heavy atom. The molecule has 0 radical (unpaired) electrons. The van der Waals surface area contributed by atoms with Crippen LogP contribution in [0.5, 0.6) is 0 Å². The molecule has 0 unspecified atom stereocenters. The molecule has 3 aromatic heterocycles. The second kappa shape index (κ2) is 4.72. The summed E-state index contributed by atoms with van der Waals surface area (Å²) >= 11 is 0. The van der Waals surface area contributed by atoms with Crippen LogP contribution in [0, 0.1) is 19.3 Å². The van der Waals surface area contributed by atoms with E-state index in [1.54, 1.807) is 18.5 Å².